The van der Waals surface area contributed by atoms with Crippen molar-refractivity contribution in [2.45, 2.75) is 52.5 Å². The molecule has 0 radical (unpaired) electrons. The number of hydrogen-bond donors (Lipinski definition) is 1. The predicted molar refractivity (Wildman–Crippen MR) is 78.8 cm³/mol. The normalized spacial score (nSPS) is 23.3. The Labute approximate surface area is 113 Å². The summed E-state index contributed by atoms with van der Waals surface area (Å²) in [6.45, 7) is 16.0. The van der Waals surface area contributed by atoms with Gasteiger partial charge in [0.25, 0.3) is 0 Å². The summed E-state index contributed by atoms with van der Waals surface area (Å²) in [6, 6.07) is 0.799. The van der Waals surface area contributed by atoms with Crippen molar-refractivity contribution in [1.29, 1.82) is 0 Å². The van der Waals surface area contributed by atoms with Crippen LogP contribution in [0, 0.1) is 11.3 Å². The molecule has 0 aromatic heterocycles. The molecule has 1 aliphatic carbocycles. The van der Waals surface area contributed by atoms with Gasteiger partial charge in [0, 0.05) is 19.1 Å². The quantitative estimate of drug-likeness (QED) is 0.755. The summed E-state index contributed by atoms with van der Waals surface area (Å²) in [4.78, 5) is 2.58. The number of hydrogen-bond acceptors (Lipinski definition) is 2. The zero-order valence-electron chi connectivity index (χ0n) is 12.5. The summed E-state index contributed by atoms with van der Waals surface area (Å²) in [5.74, 6) is 0.895. The smallest absolute Gasteiger partial charge is 0.0202 e. The van der Waals surface area contributed by atoms with E-state index in [0.29, 0.717) is 5.41 Å². The number of likely N-dealkylation sites (tertiary alicyclic amines) is 1. The van der Waals surface area contributed by atoms with Gasteiger partial charge in [0.15, 0.2) is 0 Å². The maximum atomic E-state index is 4.21. The first-order valence-corrected chi connectivity index (χ1v) is 7.57. The van der Waals surface area contributed by atoms with Crippen molar-refractivity contribution in [3.63, 3.8) is 0 Å². The zero-order chi connectivity index (χ0) is 13.2. The molecule has 18 heavy (non-hydrogen) atoms. The van der Waals surface area contributed by atoms with Crippen LogP contribution in [0.5, 0.6) is 0 Å². The molecule has 1 aliphatic heterocycles. The Morgan fingerprint density at radius 1 is 1.17 bits per heavy atom. The fraction of sp³-hybridized carbons (Fsp3) is 0.875. The van der Waals surface area contributed by atoms with Crippen LogP contribution in [0.15, 0.2) is 12.2 Å². The molecule has 0 atom stereocenters. The molecule has 1 saturated carbocycles. The molecular weight excluding hydrogens is 220 g/mol. The molecule has 1 saturated heterocycles. The Balaban J connectivity index is 1.64. The number of piperidine rings is 1. The minimum Gasteiger partial charge on any atom is -0.310 e. The fourth-order valence-electron chi connectivity index (χ4n) is 2.91. The van der Waals surface area contributed by atoms with Gasteiger partial charge in [0.05, 0.1) is 0 Å². The third-order valence-electron chi connectivity index (χ3n) is 4.48. The van der Waals surface area contributed by atoms with Crippen LogP contribution in [-0.4, -0.2) is 37.1 Å². The SMILES string of the molecule is C=C(CNC1CC1)CN1CCC(C(C)(C)C)CC1. The van der Waals surface area contributed by atoms with E-state index in [9.17, 15) is 0 Å². The van der Waals surface area contributed by atoms with E-state index in [-0.39, 0.29) is 0 Å². The van der Waals surface area contributed by atoms with Crippen molar-refractivity contribution in [1.82, 2.24) is 10.2 Å². The second-order valence-electron chi connectivity index (χ2n) is 7.32. The first kappa shape index (κ1) is 14.1. The van der Waals surface area contributed by atoms with Gasteiger partial charge in [0.1, 0.15) is 0 Å². The van der Waals surface area contributed by atoms with Crippen LogP contribution in [0.1, 0.15) is 46.5 Å². The predicted octanol–water partition coefficient (Wildman–Crippen LogP) is 3.05. The van der Waals surface area contributed by atoms with Crippen molar-refractivity contribution in [2.24, 2.45) is 11.3 Å². The van der Waals surface area contributed by atoms with Gasteiger partial charge in [-0.15, -0.1) is 0 Å². The fourth-order valence-corrected chi connectivity index (χ4v) is 2.91. The van der Waals surface area contributed by atoms with E-state index in [4.69, 9.17) is 0 Å². The Hall–Kier alpha value is -0.340. The lowest BCUT2D eigenvalue weighted by Gasteiger charge is -2.39. The molecule has 104 valence electrons. The topological polar surface area (TPSA) is 15.3 Å². The Kier molecular flexibility index (Phi) is 4.50. The van der Waals surface area contributed by atoms with Crippen molar-refractivity contribution < 1.29 is 0 Å². The van der Waals surface area contributed by atoms with Gasteiger partial charge in [-0.3, -0.25) is 4.90 Å². The standard InChI is InChI=1S/C16H30N2/c1-13(11-17-15-5-6-15)12-18-9-7-14(8-10-18)16(2,3)4/h14-15,17H,1,5-12H2,2-4H3. The first-order valence-electron chi connectivity index (χ1n) is 7.57. The van der Waals surface area contributed by atoms with Gasteiger partial charge in [-0.05, 0) is 55.7 Å². The van der Waals surface area contributed by atoms with Crippen LogP contribution >= 0.6 is 0 Å². The van der Waals surface area contributed by atoms with Crippen LogP contribution in [-0.2, 0) is 0 Å². The lowest BCUT2D eigenvalue weighted by atomic mass is 9.75. The molecule has 0 unspecified atom stereocenters. The summed E-state index contributed by atoms with van der Waals surface area (Å²) in [5.41, 5.74) is 1.84. The minimum atomic E-state index is 0.483. The van der Waals surface area contributed by atoms with Crippen LogP contribution in [0.3, 0.4) is 0 Å². The highest BCUT2D eigenvalue weighted by Crippen LogP contribution is 2.34. The lowest BCUT2D eigenvalue weighted by molar-refractivity contribution is 0.118. The highest BCUT2D eigenvalue weighted by molar-refractivity contribution is 5.02. The highest BCUT2D eigenvalue weighted by Gasteiger charge is 2.28. The monoisotopic (exact) mass is 250 g/mol. The van der Waals surface area contributed by atoms with E-state index in [1.807, 2.05) is 0 Å². The Bertz CT molecular complexity index is 278. The zero-order valence-corrected chi connectivity index (χ0v) is 12.5. The Morgan fingerprint density at radius 3 is 2.28 bits per heavy atom. The molecule has 0 spiro atoms. The van der Waals surface area contributed by atoms with Gasteiger partial charge in [-0.25, -0.2) is 0 Å². The summed E-state index contributed by atoms with van der Waals surface area (Å²) in [5, 5.41) is 3.55. The van der Waals surface area contributed by atoms with Crippen LogP contribution in [0.4, 0.5) is 0 Å². The molecule has 1 N–H and O–H groups in total. The van der Waals surface area contributed by atoms with E-state index < -0.39 is 0 Å². The first-order chi connectivity index (χ1) is 8.45. The van der Waals surface area contributed by atoms with Gasteiger partial charge >= 0.3 is 0 Å². The maximum Gasteiger partial charge on any atom is 0.0202 e. The molecule has 1 heterocycles. The van der Waals surface area contributed by atoms with Gasteiger partial charge < -0.3 is 5.32 Å². The van der Waals surface area contributed by atoms with Crippen molar-refractivity contribution in [2.75, 3.05) is 26.2 Å². The third-order valence-corrected chi connectivity index (χ3v) is 4.48. The summed E-state index contributed by atoms with van der Waals surface area (Å²) >= 11 is 0. The molecule has 2 nitrogen and oxygen atoms in total. The van der Waals surface area contributed by atoms with Gasteiger partial charge in [-0.1, -0.05) is 27.4 Å². The van der Waals surface area contributed by atoms with E-state index in [2.05, 4.69) is 37.6 Å². The summed E-state index contributed by atoms with van der Waals surface area (Å²) < 4.78 is 0. The second-order valence-corrected chi connectivity index (χ2v) is 7.32. The number of nitrogens with one attached hydrogen (secondary N) is 1. The molecule has 0 aromatic rings. The van der Waals surface area contributed by atoms with Crippen molar-refractivity contribution >= 4 is 0 Å². The Morgan fingerprint density at radius 2 is 1.78 bits per heavy atom. The van der Waals surface area contributed by atoms with Crippen molar-refractivity contribution in [3.05, 3.63) is 12.2 Å². The van der Waals surface area contributed by atoms with E-state index >= 15 is 0 Å². The molecule has 2 aliphatic rings. The van der Waals surface area contributed by atoms with Crippen LogP contribution in [0.25, 0.3) is 0 Å². The second kappa shape index (κ2) is 5.75. The van der Waals surface area contributed by atoms with E-state index in [0.717, 1.165) is 25.0 Å². The number of rotatable bonds is 5. The third kappa shape index (κ3) is 4.40. The average Bonchev–Trinajstić information content (AvgIpc) is 3.09. The average molecular weight is 250 g/mol. The molecule has 2 heteroatoms. The minimum absolute atomic E-state index is 0.483. The van der Waals surface area contributed by atoms with Gasteiger partial charge in [0.2, 0.25) is 0 Å². The van der Waals surface area contributed by atoms with Crippen LogP contribution in [0.2, 0.25) is 0 Å². The molecule has 2 fully saturated rings. The van der Waals surface area contributed by atoms with E-state index in [1.165, 1.54) is 44.3 Å². The molecule has 0 bridgehead atoms. The maximum absolute atomic E-state index is 4.21. The van der Waals surface area contributed by atoms with E-state index in [1.54, 1.807) is 0 Å². The van der Waals surface area contributed by atoms with Crippen molar-refractivity contribution in [3.8, 4) is 0 Å². The molecule has 0 aromatic carbocycles. The van der Waals surface area contributed by atoms with Crippen LogP contribution < -0.4 is 5.32 Å². The highest BCUT2D eigenvalue weighted by atomic mass is 15.1. The molecule has 2 rings (SSSR count). The van der Waals surface area contributed by atoms with Gasteiger partial charge in [-0.2, -0.15) is 0 Å². The number of nitrogens with zero attached hydrogens (tertiary/aromatic N) is 1. The molecule has 0 amide bonds. The summed E-state index contributed by atoms with van der Waals surface area (Å²) in [6.07, 6.45) is 5.44. The summed E-state index contributed by atoms with van der Waals surface area (Å²) in [7, 11) is 0. The lowest BCUT2D eigenvalue weighted by Crippen LogP contribution is -2.39. The largest absolute Gasteiger partial charge is 0.310 e. The molecular formula is C16H30N2.